The number of ketones is 1. The van der Waals surface area contributed by atoms with Crippen molar-refractivity contribution in [1.82, 2.24) is 10.2 Å². The molecule has 3 heterocycles. The van der Waals surface area contributed by atoms with E-state index in [9.17, 15) is 4.79 Å². The van der Waals surface area contributed by atoms with Crippen molar-refractivity contribution in [2.24, 2.45) is 0 Å². The van der Waals surface area contributed by atoms with E-state index in [1.807, 2.05) is 6.92 Å². The van der Waals surface area contributed by atoms with Crippen LogP contribution in [-0.2, 0) is 11.2 Å². The molecule has 20 heavy (non-hydrogen) atoms. The lowest BCUT2D eigenvalue weighted by Gasteiger charge is -2.00. The van der Waals surface area contributed by atoms with E-state index in [1.54, 1.807) is 24.5 Å². The Kier molecular flexibility index (Phi) is 3.54. The summed E-state index contributed by atoms with van der Waals surface area (Å²) in [5, 5.41) is 17.9. The maximum absolute atomic E-state index is 12.4. The van der Waals surface area contributed by atoms with Gasteiger partial charge in [0.05, 0.1) is 16.2 Å². The zero-order valence-electron chi connectivity index (χ0n) is 10.6. The summed E-state index contributed by atoms with van der Waals surface area (Å²) in [4.78, 5) is 12.9. The summed E-state index contributed by atoms with van der Waals surface area (Å²) in [7, 11) is 0. The zero-order chi connectivity index (χ0) is 14.1. The minimum absolute atomic E-state index is 0.102. The first-order valence-electron chi connectivity index (χ1n) is 6.07. The number of nitrogens with one attached hydrogen (secondary N) is 1. The van der Waals surface area contributed by atoms with E-state index in [-0.39, 0.29) is 5.78 Å². The molecule has 0 amide bonds. The predicted octanol–water partition coefficient (Wildman–Crippen LogP) is 3.11. The maximum Gasteiger partial charge on any atom is 0.186 e. The molecule has 1 N–H and O–H groups in total. The molecule has 3 rings (SSSR count). The van der Waals surface area contributed by atoms with Gasteiger partial charge in [0, 0.05) is 0 Å². The van der Waals surface area contributed by atoms with E-state index in [1.165, 1.54) is 23.1 Å². The number of rotatable bonds is 3. The first-order valence-corrected chi connectivity index (χ1v) is 7.70. The summed E-state index contributed by atoms with van der Waals surface area (Å²) in [5.41, 5.74) is 0. The van der Waals surface area contributed by atoms with Crippen molar-refractivity contribution in [1.29, 1.82) is 5.41 Å². The number of aryl methyl sites for hydroxylation is 1. The van der Waals surface area contributed by atoms with Crippen molar-refractivity contribution in [3.05, 3.63) is 39.1 Å². The van der Waals surface area contributed by atoms with Gasteiger partial charge in [-0.25, -0.2) is 0 Å². The van der Waals surface area contributed by atoms with Crippen LogP contribution in [0.4, 0.5) is 0 Å². The van der Waals surface area contributed by atoms with Gasteiger partial charge < -0.3 is 4.42 Å². The summed E-state index contributed by atoms with van der Waals surface area (Å²) >= 11 is 2.57. The van der Waals surface area contributed by atoms with Crippen molar-refractivity contribution in [2.45, 2.75) is 19.3 Å². The summed E-state index contributed by atoms with van der Waals surface area (Å²) in [5.74, 6) is -0.0879. The van der Waals surface area contributed by atoms with Gasteiger partial charge in [-0.3, -0.25) is 10.2 Å². The van der Waals surface area contributed by atoms with Crippen LogP contribution in [0.25, 0.3) is 6.08 Å². The molecule has 2 aromatic heterocycles. The second kappa shape index (κ2) is 5.34. The van der Waals surface area contributed by atoms with Crippen LogP contribution in [0.5, 0.6) is 0 Å². The third-order valence-corrected chi connectivity index (χ3v) is 4.96. The van der Waals surface area contributed by atoms with E-state index >= 15 is 0 Å². The summed E-state index contributed by atoms with van der Waals surface area (Å²) < 4.78 is 5.20. The quantitative estimate of drug-likeness (QED) is 0.881. The number of hydrogen-bond acceptors (Lipinski definition) is 7. The topological polar surface area (TPSA) is 79.8 Å². The third-order valence-electron chi connectivity index (χ3n) is 2.84. The molecule has 1 aliphatic rings. The van der Waals surface area contributed by atoms with Crippen LogP contribution in [-0.4, -0.2) is 21.0 Å². The molecular weight excluding hydrogens is 294 g/mol. The number of Topliss-reactive ketones (excluding diaryl/α,β-unsaturated/α-hetero) is 1. The highest BCUT2D eigenvalue weighted by Crippen LogP contribution is 2.41. The fourth-order valence-electron chi connectivity index (χ4n) is 1.84. The van der Waals surface area contributed by atoms with E-state index in [2.05, 4.69) is 10.2 Å². The Labute approximate surface area is 123 Å². The predicted molar refractivity (Wildman–Crippen MR) is 79.0 cm³/mol. The van der Waals surface area contributed by atoms with Gasteiger partial charge >= 0.3 is 0 Å². The van der Waals surface area contributed by atoms with E-state index in [4.69, 9.17) is 9.83 Å². The van der Waals surface area contributed by atoms with E-state index < -0.39 is 5.92 Å². The second-order valence-corrected chi connectivity index (χ2v) is 6.35. The van der Waals surface area contributed by atoms with Crippen LogP contribution in [0.2, 0.25) is 0 Å². The molecular formula is C13H11N3O2S2. The number of aromatic nitrogens is 2. The van der Waals surface area contributed by atoms with Crippen LogP contribution in [0, 0.1) is 5.41 Å². The van der Waals surface area contributed by atoms with Crippen molar-refractivity contribution >= 4 is 40.0 Å². The van der Waals surface area contributed by atoms with Crippen molar-refractivity contribution < 1.29 is 9.21 Å². The highest BCUT2D eigenvalue weighted by Gasteiger charge is 2.39. The first-order chi connectivity index (χ1) is 9.69. The van der Waals surface area contributed by atoms with Gasteiger partial charge in [0.1, 0.15) is 21.7 Å². The molecule has 0 saturated carbocycles. The molecule has 0 unspecified atom stereocenters. The van der Waals surface area contributed by atoms with Gasteiger partial charge in [-0.15, -0.1) is 21.5 Å². The molecule has 0 bridgehead atoms. The molecule has 5 nitrogen and oxygen atoms in total. The Balaban J connectivity index is 1.91. The summed E-state index contributed by atoms with van der Waals surface area (Å²) in [6.07, 6.45) is 4.01. The Morgan fingerprint density at radius 1 is 1.50 bits per heavy atom. The smallest absolute Gasteiger partial charge is 0.186 e. The molecule has 0 radical (unpaired) electrons. The monoisotopic (exact) mass is 305 g/mol. The number of hydrogen-bond donors (Lipinski definition) is 1. The van der Waals surface area contributed by atoms with Crippen molar-refractivity contribution in [3.63, 3.8) is 0 Å². The van der Waals surface area contributed by atoms with Crippen LogP contribution in [0.15, 0.2) is 27.7 Å². The van der Waals surface area contributed by atoms with Crippen molar-refractivity contribution in [3.8, 4) is 0 Å². The maximum atomic E-state index is 12.4. The largest absolute Gasteiger partial charge is 0.465 e. The SMILES string of the molecule is CCc1nnc([C@@H]2C(=N)S/C(=C\c3ccco3)C2=O)s1. The highest BCUT2D eigenvalue weighted by molar-refractivity contribution is 8.19. The lowest BCUT2D eigenvalue weighted by Crippen LogP contribution is -2.11. The standard InChI is InChI=1S/C13H11N3O2S2/c1-2-9-15-16-13(20-9)10-11(17)8(19-12(10)14)6-7-4-3-5-18-7/h3-6,10,14H,2H2,1H3/b8-6-,14-12?/t10-/m0/s1. The molecule has 1 fully saturated rings. The number of allylic oxidation sites excluding steroid dienone is 1. The molecule has 1 saturated heterocycles. The minimum Gasteiger partial charge on any atom is -0.465 e. The number of carbonyl (C=O) groups is 1. The Bertz CT molecular complexity index is 688. The second-order valence-electron chi connectivity index (χ2n) is 4.18. The minimum atomic E-state index is -0.598. The number of carbonyl (C=O) groups excluding carboxylic acids is 1. The molecule has 0 spiro atoms. The van der Waals surface area contributed by atoms with Gasteiger partial charge in [-0.1, -0.05) is 18.7 Å². The molecule has 102 valence electrons. The van der Waals surface area contributed by atoms with E-state index in [0.29, 0.717) is 20.7 Å². The normalized spacial score (nSPS) is 21.1. The van der Waals surface area contributed by atoms with Crippen LogP contribution in [0.1, 0.15) is 28.6 Å². The fraction of sp³-hybridized carbons (Fsp3) is 0.231. The molecule has 0 aliphatic carbocycles. The lowest BCUT2D eigenvalue weighted by molar-refractivity contribution is -0.114. The van der Waals surface area contributed by atoms with Gasteiger partial charge in [0.2, 0.25) is 0 Å². The van der Waals surface area contributed by atoms with Crippen LogP contribution >= 0.6 is 23.1 Å². The zero-order valence-corrected chi connectivity index (χ0v) is 12.3. The Morgan fingerprint density at radius 2 is 2.35 bits per heavy atom. The van der Waals surface area contributed by atoms with E-state index in [0.717, 1.165) is 11.4 Å². The fourth-order valence-corrected chi connectivity index (χ4v) is 3.78. The van der Waals surface area contributed by atoms with Gasteiger partial charge in [0.25, 0.3) is 0 Å². The average molecular weight is 305 g/mol. The number of thioether (sulfide) groups is 1. The highest BCUT2D eigenvalue weighted by atomic mass is 32.2. The summed E-state index contributed by atoms with van der Waals surface area (Å²) in [6, 6.07) is 3.54. The van der Waals surface area contributed by atoms with Gasteiger partial charge in [-0.2, -0.15) is 0 Å². The molecule has 2 aromatic rings. The first kappa shape index (κ1) is 13.3. The molecule has 1 aliphatic heterocycles. The van der Waals surface area contributed by atoms with Crippen LogP contribution in [0.3, 0.4) is 0 Å². The van der Waals surface area contributed by atoms with Crippen molar-refractivity contribution in [2.75, 3.05) is 0 Å². The molecule has 0 aromatic carbocycles. The molecule has 7 heteroatoms. The molecule has 1 atom stereocenters. The third kappa shape index (κ3) is 2.34. The number of nitrogens with zero attached hydrogens (tertiary/aromatic N) is 2. The summed E-state index contributed by atoms with van der Waals surface area (Å²) in [6.45, 7) is 1.99. The Morgan fingerprint density at radius 3 is 3.00 bits per heavy atom. The average Bonchev–Trinajstić information content (AvgIpc) is 3.13. The van der Waals surface area contributed by atoms with Gasteiger partial charge in [-0.05, 0) is 24.6 Å². The van der Waals surface area contributed by atoms with Crippen LogP contribution < -0.4 is 0 Å². The van der Waals surface area contributed by atoms with Gasteiger partial charge in [0.15, 0.2) is 5.78 Å². The lowest BCUT2D eigenvalue weighted by atomic mass is 10.1. The number of furan rings is 1. The Hall–Kier alpha value is -1.73.